The van der Waals surface area contributed by atoms with Crippen LogP contribution in [0, 0.1) is 6.92 Å². The zero-order chi connectivity index (χ0) is 22.1. The van der Waals surface area contributed by atoms with Crippen LogP contribution >= 0.6 is 11.8 Å². The van der Waals surface area contributed by atoms with E-state index in [0.717, 1.165) is 17.5 Å². The summed E-state index contributed by atoms with van der Waals surface area (Å²) in [5.41, 5.74) is 5.68. The standard InChI is InChI=1S/C28H34OS/c1-19-17-23(27(2,3)4)25(29)24(28(5,6)7)26(19)30-22-15-13-21(14-16-22)18-20-11-9-8-10-12-20/h8-17,29H,18H2,1-7H3. The van der Waals surface area contributed by atoms with E-state index in [1.807, 2.05) is 0 Å². The fourth-order valence-corrected chi connectivity index (χ4v) is 5.05. The molecule has 0 heterocycles. The van der Waals surface area contributed by atoms with Gasteiger partial charge in [0.2, 0.25) is 0 Å². The average molecular weight is 419 g/mol. The van der Waals surface area contributed by atoms with Gasteiger partial charge in [-0.3, -0.25) is 0 Å². The molecule has 0 aliphatic rings. The lowest BCUT2D eigenvalue weighted by atomic mass is 9.78. The number of aryl methyl sites for hydroxylation is 1. The molecule has 3 aromatic rings. The number of phenolic OH excluding ortho intramolecular Hbond substituents is 1. The van der Waals surface area contributed by atoms with Crippen molar-refractivity contribution in [3.05, 3.63) is 88.5 Å². The second kappa shape index (κ2) is 8.51. The Balaban J connectivity index is 1.95. The van der Waals surface area contributed by atoms with Crippen molar-refractivity contribution in [3.63, 3.8) is 0 Å². The van der Waals surface area contributed by atoms with Gasteiger partial charge in [0.25, 0.3) is 0 Å². The van der Waals surface area contributed by atoms with Crippen LogP contribution in [0.25, 0.3) is 0 Å². The van der Waals surface area contributed by atoms with E-state index < -0.39 is 0 Å². The molecule has 0 spiro atoms. The predicted octanol–water partition coefficient (Wildman–Crippen LogP) is 8.04. The van der Waals surface area contributed by atoms with Crippen LogP contribution in [0.5, 0.6) is 5.75 Å². The average Bonchev–Trinajstić information content (AvgIpc) is 2.65. The Kier molecular flexibility index (Phi) is 6.38. The van der Waals surface area contributed by atoms with Gasteiger partial charge in [0.1, 0.15) is 5.75 Å². The van der Waals surface area contributed by atoms with E-state index in [4.69, 9.17) is 0 Å². The van der Waals surface area contributed by atoms with Crippen LogP contribution in [0.3, 0.4) is 0 Å². The highest BCUT2D eigenvalue weighted by Crippen LogP contribution is 2.47. The summed E-state index contributed by atoms with van der Waals surface area (Å²) in [4.78, 5) is 2.37. The normalized spacial score (nSPS) is 12.2. The first-order chi connectivity index (χ1) is 14.0. The van der Waals surface area contributed by atoms with Crippen molar-refractivity contribution >= 4 is 11.8 Å². The third-order valence-corrected chi connectivity index (χ3v) is 6.63. The maximum atomic E-state index is 11.2. The Hall–Kier alpha value is -2.19. The molecule has 0 aliphatic carbocycles. The number of phenols is 1. The van der Waals surface area contributed by atoms with Crippen molar-refractivity contribution in [3.8, 4) is 5.75 Å². The van der Waals surface area contributed by atoms with Crippen LogP contribution in [0.15, 0.2) is 70.5 Å². The fraction of sp³-hybridized carbons (Fsp3) is 0.357. The summed E-state index contributed by atoms with van der Waals surface area (Å²) >= 11 is 1.76. The summed E-state index contributed by atoms with van der Waals surface area (Å²) in [5, 5.41) is 11.2. The van der Waals surface area contributed by atoms with Crippen molar-refractivity contribution in [2.24, 2.45) is 0 Å². The van der Waals surface area contributed by atoms with E-state index in [1.54, 1.807) is 11.8 Å². The summed E-state index contributed by atoms with van der Waals surface area (Å²) in [5.74, 6) is 0.448. The highest BCUT2D eigenvalue weighted by molar-refractivity contribution is 7.99. The lowest BCUT2D eigenvalue weighted by molar-refractivity contribution is 0.418. The summed E-state index contributed by atoms with van der Waals surface area (Å²) < 4.78 is 0. The number of hydrogen-bond donors (Lipinski definition) is 1. The van der Waals surface area contributed by atoms with Crippen LogP contribution in [-0.4, -0.2) is 5.11 Å². The Morgan fingerprint density at radius 2 is 1.33 bits per heavy atom. The molecular formula is C28H34OS. The molecule has 0 atom stereocenters. The Morgan fingerprint density at radius 3 is 1.87 bits per heavy atom. The van der Waals surface area contributed by atoms with Crippen molar-refractivity contribution in [2.75, 3.05) is 0 Å². The van der Waals surface area contributed by atoms with E-state index in [9.17, 15) is 5.11 Å². The van der Waals surface area contributed by atoms with Crippen LogP contribution < -0.4 is 0 Å². The SMILES string of the molecule is Cc1cc(C(C)(C)C)c(O)c(C(C)(C)C)c1Sc1ccc(Cc2ccccc2)cc1. The number of hydrogen-bond acceptors (Lipinski definition) is 2. The molecule has 0 saturated heterocycles. The third-order valence-electron chi connectivity index (χ3n) is 5.39. The minimum absolute atomic E-state index is 0.100. The summed E-state index contributed by atoms with van der Waals surface area (Å²) in [6, 6.07) is 21.6. The van der Waals surface area contributed by atoms with E-state index in [1.165, 1.54) is 26.5 Å². The Bertz CT molecular complexity index is 1000. The molecular weight excluding hydrogens is 384 g/mol. The van der Waals surface area contributed by atoms with Crippen molar-refractivity contribution < 1.29 is 5.11 Å². The maximum absolute atomic E-state index is 11.2. The van der Waals surface area contributed by atoms with Crippen molar-refractivity contribution in [1.29, 1.82) is 0 Å². The van der Waals surface area contributed by atoms with E-state index in [-0.39, 0.29) is 10.8 Å². The molecule has 2 heteroatoms. The van der Waals surface area contributed by atoms with Crippen molar-refractivity contribution in [1.82, 2.24) is 0 Å². The van der Waals surface area contributed by atoms with Crippen LogP contribution in [0.4, 0.5) is 0 Å². The molecule has 0 radical (unpaired) electrons. The molecule has 0 amide bonds. The molecule has 0 saturated carbocycles. The quantitative estimate of drug-likeness (QED) is 0.462. The van der Waals surface area contributed by atoms with Gasteiger partial charge in [-0.1, -0.05) is 102 Å². The van der Waals surface area contributed by atoms with Gasteiger partial charge >= 0.3 is 0 Å². The molecule has 158 valence electrons. The maximum Gasteiger partial charge on any atom is 0.124 e. The molecule has 3 aromatic carbocycles. The highest BCUT2D eigenvalue weighted by Gasteiger charge is 2.30. The number of aromatic hydroxyl groups is 1. The molecule has 0 aromatic heterocycles. The largest absolute Gasteiger partial charge is 0.507 e. The molecule has 0 unspecified atom stereocenters. The minimum Gasteiger partial charge on any atom is -0.507 e. The zero-order valence-electron chi connectivity index (χ0n) is 19.3. The van der Waals surface area contributed by atoms with Gasteiger partial charge in [-0.05, 0) is 58.6 Å². The predicted molar refractivity (Wildman–Crippen MR) is 130 cm³/mol. The minimum atomic E-state index is -0.147. The lowest BCUT2D eigenvalue weighted by Gasteiger charge is -2.30. The second-order valence-corrected chi connectivity index (χ2v) is 11.3. The zero-order valence-corrected chi connectivity index (χ0v) is 20.2. The molecule has 0 fully saturated rings. The van der Waals surface area contributed by atoms with Gasteiger partial charge in [0.05, 0.1) is 0 Å². The topological polar surface area (TPSA) is 20.2 Å². The van der Waals surface area contributed by atoms with Gasteiger partial charge in [-0.15, -0.1) is 0 Å². The fourth-order valence-electron chi connectivity index (χ4n) is 3.81. The Morgan fingerprint density at radius 1 is 0.767 bits per heavy atom. The van der Waals surface area contributed by atoms with E-state index in [2.05, 4.69) is 109 Å². The van der Waals surface area contributed by atoms with E-state index in [0.29, 0.717) is 5.75 Å². The number of benzene rings is 3. The molecule has 1 N–H and O–H groups in total. The van der Waals surface area contributed by atoms with E-state index >= 15 is 0 Å². The highest BCUT2D eigenvalue weighted by atomic mass is 32.2. The molecule has 3 rings (SSSR count). The van der Waals surface area contributed by atoms with Gasteiger partial charge < -0.3 is 5.11 Å². The van der Waals surface area contributed by atoms with Crippen LogP contribution in [-0.2, 0) is 17.3 Å². The van der Waals surface area contributed by atoms with Gasteiger partial charge in [0, 0.05) is 15.4 Å². The summed E-state index contributed by atoms with van der Waals surface area (Å²) in [7, 11) is 0. The first kappa shape index (κ1) is 22.5. The first-order valence-electron chi connectivity index (χ1n) is 10.6. The number of rotatable bonds is 4. The lowest BCUT2D eigenvalue weighted by Crippen LogP contribution is -2.19. The van der Waals surface area contributed by atoms with Crippen LogP contribution in [0.2, 0.25) is 0 Å². The monoisotopic (exact) mass is 418 g/mol. The third kappa shape index (κ3) is 5.10. The van der Waals surface area contributed by atoms with Crippen LogP contribution in [0.1, 0.15) is 69.4 Å². The molecule has 0 bridgehead atoms. The summed E-state index contributed by atoms with van der Waals surface area (Å²) in [6.07, 6.45) is 0.944. The van der Waals surface area contributed by atoms with Gasteiger partial charge in [-0.25, -0.2) is 0 Å². The molecule has 1 nitrogen and oxygen atoms in total. The van der Waals surface area contributed by atoms with Gasteiger partial charge in [-0.2, -0.15) is 0 Å². The molecule has 0 aliphatic heterocycles. The van der Waals surface area contributed by atoms with Gasteiger partial charge in [0.15, 0.2) is 0 Å². The second-order valence-electron chi connectivity index (χ2n) is 10.2. The smallest absolute Gasteiger partial charge is 0.124 e. The Labute approximate surface area is 186 Å². The van der Waals surface area contributed by atoms with Crippen molar-refractivity contribution in [2.45, 2.75) is 75.5 Å². The molecule has 30 heavy (non-hydrogen) atoms. The summed E-state index contributed by atoms with van der Waals surface area (Å²) in [6.45, 7) is 15.2. The first-order valence-corrected chi connectivity index (χ1v) is 11.5.